The third kappa shape index (κ3) is 3.65. The smallest absolute Gasteiger partial charge is 0.270 e. The second-order valence-corrected chi connectivity index (χ2v) is 10.5. The Morgan fingerprint density at radius 1 is 1.21 bits per heavy atom. The van der Waals surface area contributed by atoms with Gasteiger partial charge in [0.2, 0.25) is 5.95 Å². The summed E-state index contributed by atoms with van der Waals surface area (Å²) in [6.45, 7) is 1.51. The predicted molar refractivity (Wildman–Crippen MR) is 135 cm³/mol. The summed E-state index contributed by atoms with van der Waals surface area (Å²) in [5.41, 5.74) is 15.7. The zero-order chi connectivity index (χ0) is 24.0. The molecule has 5 rings (SSSR count). The number of hydrogen-bond donors (Lipinski definition) is 2. The van der Waals surface area contributed by atoms with Crippen LogP contribution >= 0.6 is 23.4 Å². The average Bonchev–Trinajstić information content (AvgIpc) is 3.12. The lowest BCUT2D eigenvalue weighted by molar-refractivity contribution is 0.186. The van der Waals surface area contributed by atoms with Crippen molar-refractivity contribution in [1.82, 2.24) is 9.55 Å². The van der Waals surface area contributed by atoms with Crippen LogP contribution in [0.5, 0.6) is 0 Å². The van der Waals surface area contributed by atoms with Gasteiger partial charge in [-0.05, 0) is 47.9 Å². The van der Waals surface area contributed by atoms with Crippen LogP contribution in [0.25, 0.3) is 0 Å². The highest BCUT2D eigenvalue weighted by molar-refractivity contribution is 7.99. The molecule has 1 fully saturated rings. The van der Waals surface area contributed by atoms with Gasteiger partial charge in [0.05, 0.1) is 10.6 Å². The summed E-state index contributed by atoms with van der Waals surface area (Å²) in [6, 6.07) is 15.6. The molecular weight excluding hydrogens is 468 g/mol. The molecule has 9 heteroatoms. The highest BCUT2D eigenvalue weighted by Gasteiger charge is 2.46. The minimum Gasteiger partial charge on any atom is -0.382 e. The molecule has 3 aromatic rings. The first kappa shape index (κ1) is 22.8. The molecule has 4 N–H and O–H groups in total. The van der Waals surface area contributed by atoms with Crippen molar-refractivity contribution >= 4 is 35.1 Å². The normalized spacial score (nSPS) is 18.6. The SMILES string of the molecule is Cn1c(N2CCC3(CC2)Cc2ccccc2[C@H]3N)nc(N)c(Sc2cccc(C#N)c2Cl)c1=O. The molecule has 1 atom stereocenters. The van der Waals surface area contributed by atoms with Crippen LogP contribution in [0, 0.1) is 16.7 Å². The van der Waals surface area contributed by atoms with E-state index in [0.717, 1.165) is 44.1 Å². The van der Waals surface area contributed by atoms with Gasteiger partial charge in [-0.15, -0.1) is 0 Å². The Morgan fingerprint density at radius 3 is 2.65 bits per heavy atom. The van der Waals surface area contributed by atoms with Gasteiger partial charge in [-0.1, -0.05) is 53.7 Å². The van der Waals surface area contributed by atoms with Crippen molar-refractivity contribution in [2.45, 2.75) is 35.1 Å². The molecule has 34 heavy (non-hydrogen) atoms. The van der Waals surface area contributed by atoms with E-state index in [1.165, 1.54) is 11.1 Å². The summed E-state index contributed by atoms with van der Waals surface area (Å²) in [5.74, 6) is 0.717. The van der Waals surface area contributed by atoms with E-state index >= 15 is 0 Å². The monoisotopic (exact) mass is 492 g/mol. The minimum absolute atomic E-state index is 0.0281. The molecule has 1 aliphatic heterocycles. The van der Waals surface area contributed by atoms with Crippen LogP contribution in [0.4, 0.5) is 11.8 Å². The van der Waals surface area contributed by atoms with Crippen molar-refractivity contribution in [3.63, 3.8) is 0 Å². The van der Waals surface area contributed by atoms with Gasteiger partial charge in [-0.2, -0.15) is 10.2 Å². The molecule has 1 saturated heterocycles. The summed E-state index contributed by atoms with van der Waals surface area (Å²) < 4.78 is 1.54. The van der Waals surface area contributed by atoms with Gasteiger partial charge in [0.15, 0.2) is 0 Å². The number of hydrogen-bond acceptors (Lipinski definition) is 7. The molecule has 1 aromatic heterocycles. The van der Waals surface area contributed by atoms with Crippen molar-refractivity contribution in [1.29, 1.82) is 5.26 Å². The lowest BCUT2D eigenvalue weighted by Gasteiger charge is -2.42. The number of piperidine rings is 1. The highest BCUT2D eigenvalue weighted by atomic mass is 35.5. The molecule has 0 radical (unpaired) electrons. The van der Waals surface area contributed by atoms with E-state index in [0.29, 0.717) is 26.3 Å². The largest absolute Gasteiger partial charge is 0.382 e. The van der Waals surface area contributed by atoms with Crippen LogP contribution in [0.2, 0.25) is 5.02 Å². The summed E-state index contributed by atoms with van der Waals surface area (Å²) in [7, 11) is 1.71. The molecule has 7 nitrogen and oxygen atoms in total. The van der Waals surface area contributed by atoms with Gasteiger partial charge in [0.25, 0.3) is 5.56 Å². The average molecular weight is 493 g/mol. The van der Waals surface area contributed by atoms with Crippen molar-refractivity contribution in [2.75, 3.05) is 23.7 Å². The maximum absolute atomic E-state index is 13.2. The van der Waals surface area contributed by atoms with Gasteiger partial charge in [0, 0.05) is 31.1 Å². The molecular formula is C25H25ClN6OS. The molecule has 0 amide bonds. The number of nitrogen functional groups attached to an aromatic ring is 1. The van der Waals surface area contributed by atoms with Gasteiger partial charge in [-0.25, -0.2) is 0 Å². The van der Waals surface area contributed by atoms with E-state index in [1.54, 1.807) is 29.8 Å². The number of anilines is 2. The zero-order valence-corrected chi connectivity index (χ0v) is 20.4. The standard InChI is InChI=1S/C25H25ClN6OS/c1-31-23(33)20(34-18-8-4-6-16(14-27)19(18)26)22(29)30-24(31)32-11-9-25(10-12-32)13-15-5-2-3-7-17(15)21(25)28/h2-8,21H,9-13,28-29H2,1H3/t21-/m1/s1. The van der Waals surface area contributed by atoms with E-state index < -0.39 is 0 Å². The second kappa shape index (κ2) is 8.66. The summed E-state index contributed by atoms with van der Waals surface area (Å²) in [5, 5.41) is 9.53. The molecule has 0 saturated carbocycles. The van der Waals surface area contributed by atoms with Crippen LogP contribution < -0.4 is 21.9 Å². The van der Waals surface area contributed by atoms with Gasteiger partial charge in [-0.3, -0.25) is 9.36 Å². The fourth-order valence-corrected chi connectivity index (χ4v) is 6.43. The lowest BCUT2D eigenvalue weighted by atomic mass is 9.73. The fraction of sp³-hybridized carbons (Fsp3) is 0.320. The topological polar surface area (TPSA) is 114 Å². The number of nitrogens with zero attached hydrogens (tertiary/aromatic N) is 4. The number of halogens is 1. The quantitative estimate of drug-likeness (QED) is 0.570. The molecule has 2 aromatic carbocycles. The van der Waals surface area contributed by atoms with Crippen LogP contribution in [0.1, 0.15) is 35.6 Å². The molecule has 2 heterocycles. The first-order valence-corrected chi connectivity index (χ1v) is 12.4. The third-order valence-electron chi connectivity index (χ3n) is 7.18. The lowest BCUT2D eigenvalue weighted by Crippen LogP contribution is -2.46. The highest BCUT2D eigenvalue weighted by Crippen LogP contribution is 2.51. The first-order valence-electron chi connectivity index (χ1n) is 11.2. The van der Waals surface area contributed by atoms with Crippen molar-refractivity contribution in [3.05, 3.63) is 74.5 Å². The van der Waals surface area contributed by atoms with Crippen molar-refractivity contribution in [2.24, 2.45) is 18.2 Å². The number of aromatic nitrogens is 2. The van der Waals surface area contributed by atoms with E-state index in [1.807, 2.05) is 0 Å². The Hall–Kier alpha value is -2.99. The first-order chi connectivity index (χ1) is 16.3. The third-order valence-corrected chi connectivity index (χ3v) is 8.85. The number of nitrogens with two attached hydrogens (primary N) is 2. The van der Waals surface area contributed by atoms with Gasteiger partial charge in [0.1, 0.15) is 16.8 Å². The molecule has 2 aliphatic rings. The molecule has 0 unspecified atom stereocenters. The molecule has 174 valence electrons. The van der Waals surface area contributed by atoms with Crippen molar-refractivity contribution < 1.29 is 0 Å². The Bertz CT molecular complexity index is 1370. The van der Waals surface area contributed by atoms with E-state index in [2.05, 4.69) is 40.2 Å². The van der Waals surface area contributed by atoms with E-state index in [4.69, 9.17) is 23.1 Å². The maximum atomic E-state index is 13.2. The Balaban J connectivity index is 1.38. The number of benzene rings is 2. The number of rotatable bonds is 3. The van der Waals surface area contributed by atoms with Crippen LogP contribution in [0.3, 0.4) is 0 Å². The predicted octanol–water partition coefficient (Wildman–Crippen LogP) is 3.88. The summed E-state index contributed by atoms with van der Waals surface area (Å²) in [6.07, 6.45) is 2.84. The Kier molecular flexibility index (Phi) is 5.80. The van der Waals surface area contributed by atoms with Gasteiger partial charge < -0.3 is 16.4 Å². The maximum Gasteiger partial charge on any atom is 0.270 e. The summed E-state index contributed by atoms with van der Waals surface area (Å²) >= 11 is 7.47. The fourth-order valence-electron chi connectivity index (χ4n) is 5.21. The van der Waals surface area contributed by atoms with Crippen LogP contribution in [0.15, 0.2) is 57.1 Å². The number of fused-ring (bicyclic) bond motifs is 1. The second-order valence-electron chi connectivity index (χ2n) is 9.02. The molecule has 1 aliphatic carbocycles. The Morgan fingerprint density at radius 2 is 1.94 bits per heavy atom. The zero-order valence-electron chi connectivity index (χ0n) is 18.8. The van der Waals surface area contributed by atoms with E-state index in [9.17, 15) is 10.1 Å². The Labute approximate surface area is 207 Å². The van der Waals surface area contributed by atoms with Crippen molar-refractivity contribution in [3.8, 4) is 6.07 Å². The van der Waals surface area contributed by atoms with Crippen LogP contribution in [-0.2, 0) is 13.5 Å². The van der Waals surface area contributed by atoms with Gasteiger partial charge >= 0.3 is 0 Å². The molecule has 0 bridgehead atoms. The summed E-state index contributed by atoms with van der Waals surface area (Å²) in [4.78, 5) is 20.9. The van der Waals surface area contributed by atoms with E-state index in [-0.39, 0.29) is 22.8 Å². The molecule has 1 spiro atoms. The number of nitriles is 1. The minimum atomic E-state index is -0.240. The van der Waals surface area contributed by atoms with Crippen LogP contribution in [-0.4, -0.2) is 22.6 Å².